The van der Waals surface area contributed by atoms with Crippen LogP contribution in [0, 0.1) is 0 Å². The van der Waals surface area contributed by atoms with Crippen molar-refractivity contribution < 1.29 is 46.6 Å². The van der Waals surface area contributed by atoms with Crippen LogP contribution >= 0.6 is 15.6 Å². The predicted molar refractivity (Wildman–Crippen MR) is 70.4 cm³/mol. The minimum atomic E-state index is -4.75. The van der Waals surface area contributed by atoms with Gasteiger partial charge in [-0.1, -0.05) is 0 Å². The molecule has 0 fully saturated rings. The molecule has 0 aromatic heterocycles. The Morgan fingerprint density at radius 3 is 1.41 bits per heavy atom. The Hall–Kier alpha value is -1.10. The second kappa shape index (κ2) is 8.51. The van der Waals surface area contributed by atoms with Crippen molar-refractivity contribution in [1.82, 2.24) is 0 Å². The van der Waals surface area contributed by atoms with Crippen LogP contribution in [-0.4, -0.2) is 34.2 Å². The van der Waals surface area contributed by atoms with E-state index in [9.17, 15) is 18.7 Å². The van der Waals surface area contributed by atoms with Crippen LogP contribution in [0.15, 0.2) is 12.2 Å². The number of carbonyl (C=O) groups is 2. The molecule has 12 nitrogen and oxygen atoms in total. The Bertz CT molecular complexity index is 485. The summed E-state index contributed by atoms with van der Waals surface area (Å²) >= 11 is 0. The maximum atomic E-state index is 11.2. The molecule has 0 aromatic rings. The van der Waals surface area contributed by atoms with Crippen molar-refractivity contribution in [2.45, 2.75) is 26.3 Å². The van der Waals surface area contributed by atoms with E-state index in [1.54, 1.807) is 0 Å². The minimum absolute atomic E-state index is 0.363. The lowest BCUT2D eigenvalue weighted by atomic mass is 10.5. The molecule has 6 N–H and O–H groups in total. The van der Waals surface area contributed by atoms with Crippen LogP contribution in [0.1, 0.15) is 13.8 Å². The Labute approximate surface area is 125 Å². The van der Waals surface area contributed by atoms with Crippen molar-refractivity contribution in [3.63, 3.8) is 0 Å². The molecule has 4 unspecified atom stereocenters. The summed E-state index contributed by atoms with van der Waals surface area (Å²) in [5.41, 5.74) is 10.1. The number of hydrogen-bond acceptors (Lipinski definition) is 10. The average molecular weight is 362 g/mol. The van der Waals surface area contributed by atoms with Crippen molar-refractivity contribution >= 4 is 27.6 Å². The third-order valence-electron chi connectivity index (χ3n) is 1.37. The van der Waals surface area contributed by atoms with Crippen LogP contribution in [0.5, 0.6) is 0 Å². The summed E-state index contributed by atoms with van der Waals surface area (Å²) in [5.74, 6) is -2.91. The van der Waals surface area contributed by atoms with Gasteiger partial charge in [0.25, 0.3) is 0 Å². The third kappa shape index (κ3) is 10.6. The average Bonchev–Trinajstić information content (AvgIpc) is 2.20. The van der Waals surface area contributed by atoms with Gasteiger partial charge >= 0.3 is 27.6 Å². The molecule has 0 aliphatic rings. The van der Waals surface area contributed by atoms with Gasteiger partial charge in [-0.25, -0.2) is 18.7 Å². The first kappa shape index (κ1) is 20.9. The van der Waals surface area contributed by atoms with Crippen molar-refractivity contribution in [2.75, 3.05) is 0 Å². The SMILES string of the molecule is CC(N)OP(=O)(O)OC(=O)/C=C/C(=O)OP(=O)(O)OC(C)N. The highest BCUT2D eigenvalue weighted by Gasteiger charge is 2.28. The van der Waals surface area contributed by atoms with Crippen molar-refractivity contribution in [3.8, 4) is 0 Å². The molecule has 0 rings (SSSR count). The van der Waals surface area contributed by atoms with Gasteiger partial charge in [-0.05, 0) is 13.8 Å². The van der Waals surface area contributed by atoms with E-state index in [-0.39, 0.29) is 0 Å². The second-order valence-corrected chi connectivity index (χ2v) is 6.37. The van der Waals surface area contributed by atoms with E-state index >= 15 is 0 Å². The first-order valence-corrected chi connectivity index (χ1v) is 8.51. The zero-order valence-corrected chi connectivity index (χ0v) is 13.3. The van der Waals surface area contributed by atoms with E-state index in [2.05, 4.69) is 18.1 Å². The highest BCUT2D eigenvalue weighted by molar-refractivity contribution is 7.48. The normalized spacial score (nSPS) is 19.7. The summed E-state index contributed by atoms with van der Waals surface area (Å²) < 4.78 is 38.7. The number of carbonyl (C=O) groups excluding carboxylic acids is 2. The monoisotopic (exact) mass is 362 g/mol. The van der Waals surface area contributed by atoms with Crippen molar-refractivity contribution in [3.05, 3.63) is 12.2 Å². The van der Waals surface area contributed by atoms with E-state index in [0.29, 0.717) is 12.2 Å². The molecule has 0 bridgehead atoms. The molecule has 0 aliphatic heterocycles. The lowest BCUT2D eigenvalue weighted by Crippen LogP contribution is -2.19. The Kier molecular flexibility index (Phi) is 8.09. The molecule has 0 saturated carbocycles. The second-order valence-electron chi connectivity index (χ2n) is 3.71. The maximum absolute atomic E-state index is 11.2. The molecule has 128 valence electrons. The van der Waals surface area contributed by atoms with E-state index in [1.807, 2.05) is 0 Å². The summed E-state index contributed by atoms with van der Waals surface area (Å²) in [5, 5.41) is 0. The molecule has 0 saturated heterocycles. The first-order valence-electron chi connectivity index (χ1n) is 5.52. The zero-order chi connectivity index (χ0) is 17.6. The summed E-state index contributed by atoms with van der Waals surface area (Å²) in [6.45, 7) is 2.42. The standard InChI is InChI=1S/C8H16N2O10P2/c1-5(9)17-21(13,14)19-7(11)3-4-8(12)20-22(15,16)18-6(2)10/h3-6H,9-10H2,1-2H3,(H,13,14)(H,15,16)/b4-3+. The van der Waals surface area contributed by atoms with E-state index in [0.717, 1.165) is 0 Å². The Morgan fingerprint density at radius 1 is 0.909 bits per heavy atom. The van der Waals surface area contributed by atoms with Crippen molar-refractivity contribution in [1.29, 1.82) is 0 Å². The number of phosphoric acid groups is 2. The van der Waals surface area contributed by atoms with Crippen LogP contribution in [-0.2, 0) is 36.8 Å². The number of phosphoric ester groups is 2. The molecule has 22 heavy (non-hydrogen) atoms. The number of hydrogen-bond donors (Lipinski definition) is 4. The van der Waals surface area contributed by atoms with E-state index in [4.69, 9.17) is 21.3 Å². The molecule has 0 heterocycles. The summed E-state index contributed by atoms with van der Waals surface area (Å²) in [7, 11) is -9.50. The first-order chi connectivity index (χ1) is 9.83. The van der Waals surface area contributed by atoms with Gasteiger partial charge in [-0.2, -0.15) is 0 Å². The lowest BCUT2D eigenvalue weighted by Gasteiger charge is -2.13. The van der Waals surface area contributed by atoms with E-state index in [1.165, 1.54) is 13.8 Å². The van der Waals surface area contributed by atoms with E-state index < -0.39 is 40.0 Å². The van der Waals surface area contributed by atoms with Gasteiger partial charge < -0.3 is 20.5 Å². The number of nitrogens with two attached hydrogens (primary N) is 2. The fourth-order valence-corrected chi connectivity index (χ4v) is 2.39. The fourth-order valence-electron chi connectivity index (χ4n) is 0.888. The van der Waals surface area contributed by atoms with Gasteiger partial charge in [0.2, 0.25) is 0 Å². The number of rotatable bonds is 8. The highest BCUT2D eigenvalue weighted by atomic mass is 31.2. The van der Waals surface area contributed by atoms with Crippen LogP contribution in [0.4, 0.5) is 0 Å². The Morgan fingerprint density at radius 2 is 1.18 bits per heavy atom. The van der Waals surface area contributed by atoms with Crippen LogP contribution in [0.3, 0.4) is 0 Å². The minimum Gasteiger partial charge on any atom is -0.367 e. The quantitative estimate of drug-likeness (QED) is 0.245. The predicted octanol–water partition coefficient (Wildman–Crippen LogP) is -0.528. The van der Waals surface area contributed by atoms with Crippen molar-refractivity contribution in [2.24, 2.45) is 11.5 Å². The largest absolute Gasteiger partial charge is 0.531 e. The molecule has 0 radical (unpaired) electrons. The molecule has 14 heteroatoms. The topological polar surface area (TPSA) is 198 Å². The summed E-state index contributed by atoms with van der Waals surface area (Å²) in [4.78, 5) is 40.4. The van der Waals surface area contributed by atoms with Gasteiger partial charge in [0.1, 0.15) is 12.5 Å². The van der Waals surface area contributed by atoms with Gasteiger partial charge in [0, 0.05) is 12.2 Å². The third-order valence-corrected chi connectivity index (χ3v) is 3.38. The molecular formula is C8H16N2O10P2. The lowest BCUT2D eigenvalue weighted by molar-refractivity contribution is -0.133. The van der Waals surface area contributed by atoms with Gasteiger partial charge in [-0.3, -0.25) is 18.8 Å². The molecule has 0 aromatic carbocycles. The summed E-state index contributed by atoms with van der Waals surface area (Å²) in [6, 6.07) is 0. The Balaban J connectivity index is 4.53. The smallest absolute Gasteiger partial charge is 0.367 e. The molecule has 0 amide bonds. The zero-order valence-electron chi connectivity index (χ0n) is 11.5. The van der Waals surface area contributed by atoms with Gasteiger partial charge in [0.15, 0.2) is 0 Å². The molecular weight excluding hydrogens is 346 g/mol. The molecule has 0 aliphatic carbocycles. The molecule has 4 atom stereocenters. The highest BCUT2D eigenvalue weighted by Crippen LogP contribution is 2.45. The molecule has 0 spiro atoms. The van der Waals surface area contributed by atoms with Gasteiger partial charge in [-0.15, -0.1) is 0 Å². The maximum Gasteiger partial charge on any atom is 0.531 e. The van der Waals surface area contributed by atoms with Gasteiger partial charge in [0.05, 0.1) is 0 Å². The van der Waals surface area contributed by atoms with Crippen LogP contribution in [0.2, 0.25) is 0 Å². The summed E-state index contributed by atoms with van der Waals surface area (Å²) in [6.07, 6.45) is -1.65. The van der Waals surface area contributed by atoms with Crippen LogP contribution < -0.4 is 11.5 Å². The van der Waals surface area contributed by atoms with Crippen LogP contribution in [0.25, 0.3) is 0 Å². The fraction of sp³-hybridized carbons (Fsp3) is 0.500.